The number of rotatable bonds is 2. The van der Waals surface area contributed by atoms with Crippen LogP contribution in [0.1, 0.15) is 13.8 Å². The SMILES string of the molecule is C[C@@H]1CN(c2nc3ccccc3cc2-c2ccc(Cl)cc2)C[C@@H](C)O1. The zero-order chi connectivity index (χ0) is 17.4. The molecule has 128 valence electrons. The van der Waals surface area contributed by atoms with Gasteiger partial charge in [0, 0.05) is 29.1 Å². The van der Waals surface area contributed by atoms with Gasteiger partial charge >= 0.3 is 0 Å². The number of fused-ring (bicyclic) bond motifs is 1. The molecule has 0 amide bonds. The van der Waals surface area contributed by atoms with E-state index in [1.165, 1.54) is 0 Å². The lowest BCUT2D eigenvalue weighted by molar-refractivity contribution is -0.00540. The van der Waals surface area contributed by atoms with Gasteiger partial charge in [0.1, 0.15) is 5.82 Å². The lowest BCUT2D eigenvalue weighted by Gasteiger charge is -2.37. The first-order valence-electron chi connectivity index (χ1n) is 8.66. The first-order chi connectivity index (χ1) is 12.1. The normalized spacial score (nSPS) is 20.8. The number of aromatic nitrogens is 1. The molecule has 1 fully saturated rings. The summed E-state index contributed by atoms with van der Waals surface area (Å²) in [5, 5.41) is 1.89. The summed E-state index contributed by atoms with van der Waals surface area (Å²) in [5.41, 5.74) is 3.28. The van der Waals surface area contributed by atoms with Gasteiger partial charge in [0.25, 0.3) is 0 Å². The minimum absolute atomic E-state index is 0.190. The molecule has 0 radical (unpaired) electrons. The van der Waals surface area contributed by atoms with Crippen molar-refractivity contribution in [2.45, 2.75) is 26.1 Å². The number of nitrogens with zero attached hydrogens (tertiary/aromatic N) is 2. The molecule has 2 atom stereocenters. The van der Waals surface area contributed by atoms with E-state index in [-0.39, 0.29) is 12.2 Å². The summed E-state index contributed by atoms with van der Waals surface area (Å²) >= 11 is 6.08. The van der Waals surface area contributed by atoms with Crippen molar-refractivity contribution in [2.24, 2.45) is 0 Å². The van der Waals surface area contributed by atoms with Crippen molar-refractivity contribution >= 4 is 28.3 Å². The van der Waals surface area contributed by atoms with Crippen molar-refractivity contribution in [3.05, 3.63) is 59.6 Å². The maximum absolute atomic E-state index is 6.08. The van der Waals surface area contributed by atoms with E-state index in [2.05, 4.69) is 49.1 Å². The van der Waals surface area contributed by atoms with E-state index in [1.54, 1.807) is 0 Å². The molecule has 0 saturated carbocycles. The van der Waals surface area contributed by atoms with Crippen molar-refractivity contribution < 1.29 is 4.74 Å². The van der Waals surface area contributed by atoms with Gasteiger partial charge < -0.3 is 9.64 Å². The highest BCUT2D eigenvalue weighted by atomic mass is 35.5. The van der Waals surface area contributed by atoms with Gasteiger partial charge in [-0.1, -0.05) is 41.9 Å². The smallest absolute Gasteiger partial charge is 0.137 e. The average molecular weight is 353 g/mol. The summed E-state index contributed by atoms with van der Waals surface area (Å²) in [5.74, 6) is 1.02. The van der Waals surface area contributed by atoms with Crippen LogP contribution in [0.5, 0.6) is 0 Å². The van der Waals surface area contributed by atoms with Crippen LogP contribution in [0.2, 0.25) is 5.02 Å². The van der Waals surface area contributed by atoms with E-state index in [0.29, 0.717) is 0 Å². The minimum atomic E-state index is 0.190. The predicted molar refractivity (Wildman–Crippen MR) is 104 cm³/mol. The van der Waals surface area contributed by atoms with Gasteiger partial charge in [0.2, 0.25) is 0 Å². The molecule has 4 heteroatoms. The second kappa shape index (κ2) is 6.66. The van der Waals surface area contributed by atoms with Crippen LogP contribution in [0, 0.1) is 0 Å². The summed E-state index contributed by atoms with van der Waals surface area (Å²) in [6.07, 6.45) is 0.380. The Bertz CT molecular complexity index is 884. The Balaban J connectivity index is 1.88. The summed E-state index contributed by atoms with van der Waals surface area (Å²) < 4.78 is 5.90. The van der Waals surface area contributed by atoms with Gasteiger partial charge in [0.15, 0.2) is 0 Å². The molecule has 0 bridgehead atoms. The largest absolute Gasteiger partial charge is 0.372 e. The summed E-state index contributed by atoms with van der Waals surface area (Å²) in [6.45, 7) is 5.92. The van der Waals surface area contributed by atoms with E-state index in [1.807, 2.05) is 24.3 Å². The molecule has 0 spiro atoms. The zero-order valence-corrected chi connectivity index (χ0v) is 15.2. The maximum atomic E-state index is 6.08. The minimum Gasteiger partial charge on any atom is -0.372 e. The topological polar surface area (TPSA) is 25.4 Å². The molecule has 0 unspecified atom stereocenters. The van der Waals surface area contributed by atoms with Gasteiger partial charge in [-0.25, -0.2) is 4.98 Å². The number of hydrogen-bond acceptors (Lipinski definition) is 3. The molecule has 1 saturated heterocycles. The highest BCUT2D eigenvalue weighted by Crippen LogP contribution is 2.34. The predicted octanol–water partition coefficient (Wildman–Crippen LogP) is 5.17. The van der Waals surface area contributed by atoms with Crippen LogP contribution in [-0.4, -0.2) is 30.3 Å². The first-order valence-corrected chi connectivity index (χ1v) is 9.04. The lowest BCUT2D eigenvalue weighted by atomic mass is 10.0. The number of pyridine rings is 1. The second-order valence-corrected chi connectivity index (χ2v) is 7.16. The summed E-state index contributed by atoms with van der Waals surface area (Å²) in [7, 11) is 0. The van der Waals surface area contributed by atoms with Crippen molar-refractivity contribution in [3.63, 3.8) is 0 Å². The van der Waals surface area contributed by atoms with Gasteiger partial charge in [-0.2, -0.15) is 0 Å². The Morgan fingerprint density at radius 1 is 1.00 bits per heavy atom. The van der Waals surface area contributed by atoms with Crippen LogP contribution >= 0.6 is 11.6 Å². The fourth-order valence-electron chi connectivity index (χ4n) is 3.54. The summed E-state index contributed by atoms with van der Waals surface area (Å²) in [6, 6.07) is 18.5. The molecule has 2 heterocycles. The fraction of sp³-hybridized carbons (Fsp3) is 0.286. The van der Waals surface area contributed by atoms with Crippen molar-refractivity contribution in [3.8, 4) is 11.1 Å². The Morgan fingerprint density at radius 3 is 2.40 bits per heavy atom. The van der Waals surface area contributed by atoms with Crippen LogP contribution in [0.25, 0.3) is 22.0 Å². The molecule has 1 aromatic heterocycles. The van der Waals surface area contributed by atoms with Crippen LogP contribution in [0.15, 0.2) is 54.6 Å². The molecule has 2 aromatic carbocycles. The number of benzene rings is 2. The van der Waals surface area contributed by atoms with Crippen LogP contribution < -0.4 is 4.90 Å². The molecule has 0 N–H and O–H groups in total. The van der Waals surface area contributed by atoms with Crippen molar-refractivity contribution in [1.29, 1.82) is 0 Å². The van der Waals surface area contributed by atoms with Gasteiger partial charge in [-0.3, -0.25) is 0 Å². The van der Waals surface area contributed by atoms with Crippen LogP contribution in [0.4, 0.5) is 5.82 Å². The van der Waals surface area contributed by atoms with E-state index in [9.17, 15) is 0 Å². The molecule has 3 nitrogen and oxygen atoms in total. The van der Waals surface area contributed by atoms with Gasteiger partial charge in [-0.15, -0.1) is 0 Å². The highest BCUT2D eigenvalue weighted by molar-refractivity contribution is 6.30. The van der Waals surface area contributed by atoms with Gasteiger partial charge in [0.05, 0.1) is 17.7 Å². The lowest BCUT2D eigenvalue weighted by Crippen LogP contribution is -2.46. The van der Waals surface area contributed by atoms with E-state index in [0.717, 1.165) is 46.0 Å². The van der Waals surface area contributed by atoms with Crippen LogP contribution in [0.3, 0.4) is 0 Å². The number of morpholine rings is 1. The first kappa shape index (κ1) is 16.4. The molecular weight excluding hydrogens is 332 g/mol. The number of halogens is 1. The number of hydrogen-bond donors (Lipinski definition) is 0. The summed E-state index contributed by atoms with van der Waals surface area (Å²) in [4.78, 5) is 7.35. The Labute approximate surface area is 153 Å². The molecule has 1 aliphatic rings. The third-order valence-electron chi connectivity index (χ3n) is 4.58. The fourth-order valence-corrected chi connectivity index (χ4v) is 3.67. The Kier molecular flexibility index (Phi) is 4.36. The Hall–Kier alpha value is -2.10. The number of para-hydroxylation sites is 1. The standard InChI is InChI=1S/C21H21ClN2O/c1-14-12-24(13-15(2)25-14)21-19(16-7-9-18(22)10-8-16)11-17-5-3-4-6-20(17)23-21/h3-11,14-15H,12-13H2,1-2H3/t14-,15-/m1/s1. The number of anilines is 1. The highest BCUT2D eigenvalue weighted by Gasteiger charge is 2.25. The van der Waals surface area contributed by atoms with Crippen LogP contribution in [-0.2, 0) is 4.74 Å². The molecule has 4 rings (SSSR count). The molecule has 25 heavy (non-hydrogen) atoms. The van der Waals surface area contributed by atoms with Crippen molar-refractivity contribution in [1.82, 2.24) is 4.98 Å². The Morgan fingerprint density at radius 2 is 1.68 bits per heavy atom. The maximum Gasteiger partial charge on any atom is 0.137 e. The van der Waals surface area contributed by atoms with Crippen molar-refractivity contribution in [2.75, 3.05) is 18.0 Å². The average Bonchev–Trinajstić information content (AvgIpc) is 2.60. The molecule has 0 aliphatic carbocycles. The third-order valence-corrected chi connectivity index (χ3v) is 4.83. The molecule has 3 aromatic rings. The molecular formula is C21H21ClN2O. The van der Waals surface area contributed by atoms with E-state index >= 15 is 0 Å². The molecule has 1 aliphatic heterocycles. The quantitative estimate of drug-likeness (QED) is 0.636. The van der Waals surface area contributed by atoms with E-state index < -0.39 is 0 Å². The van der Waals surface area contributed by atoms with Gasteiger partial charge in [-0.05, 0) is 43.7 Å². The second-order valence-electron chi connectivity index (χ2n) is 6.72. The number of ether oxygens (including phenoxy) is 1. The van der Waals surface area contributed by atoms with E-state index in [4.69, 9.17) is 21.3 Å². The monoisotopic (exact) mass is 352 g/mol. The zero-order valence-electron chi connectivity index (χ0n) is 14.4. The third kappa shape index (κ3) is 3.35.